The van der Waals surface area contributed by atoms with Gasteiger partial charge in [0.05, 0.1) is 43.5 Å². The standard InChI is InChI=1S/C26H52N8O9/c27-3-4-34(40)26(39)33-16-7-15(30)18(21(37)24(16)43-25-22(38)19(31)20(36)17(10-35)42-25)23-14(29)2-1-13(41-23)9-32-8-11-5-12(28)6-11/h11-25,32,35-38,40H,1-10,27-31H2,(H,33,39). The van der Waals surface area contributed by atoms with E-state index in [-0.39, 0.29) is 31.7 Å². The Labute approximate surface area is 251 Å². The van der Waals surface area contributed by atoms with E-state index in [1.54, 1.807) is 0 Å². The molecule has 2 amide bonds. The van der Waals surface area contributed by atoms with Crippen molar-refractivity contribution in [3.63, 3.8) is 0 Å². The molecule has 0 bridgehead atoms. The zero-order chi connectivity index (χ0) is 31.4. The molecule has 17 heteroatoms. The van der Waals surface area contributed by atoms with E-state index in [9.17, 15) is 30.4 Å². The third-order valence-electron chi connectivity index (χ3n) is 9.31. The Hall–Kier alpha value is -1.29. The minimum atomic E-state index is -1.53. The number of aliphatic hydroxyl groups is 4. The third kappa shape index (κ3) is 8.11. The van der Waals surface area contributed by atoms with Crippen molar-refractivity contribution in [3.05, 3.63) is 0 Å². The molecular formula is C26H52N8O9. The predicted molar refractivity (Wildman–Crippen MR) is 152 cm³/mol. The summed E-state index contributed by atoms with van der Waals surface area (Å²) in [4.78, 5) is 12.7. The molecule has 4 rings (SSSR count). The summed E-state index contributed by atoms with van der Waals surface area (Å²) in [7, 11) is 0. The second kappa shape index (κ2) is 15.3. The second-order valence-electron chi connectivity index (χ2n) is 12.5. The zero-order valence-corrected chi connectivity index (χ0v) is 24.4. The fourth-order valence-corrected chi connectivity index (χ4v) is 6.75. The highest BCUT2D eigenvalue weighted by atomic mass is 16.7. The summed E-state index contributed by atoms with van der Waals surface area (Å²) in [6.07, 6.45) is -5.51. The van der Waals surface area contributed by atoms with Gasteiger partial charge < -0.3 is 73.9 Å². The van der Waals surface area contributed by atoms with Gasteiger partial charge >= 0.3 is 6.03 Å². The molecule has 0 aromatic rings. The average Bonchev–Trinajstić information content (AvgIpc) is 2.95. The summed E-state index contributed by atoms with van der Waals surface area (Å²) in [5.41, 5.74) is 30.4. The highest BCUT2D eigenvalue weighted by Gasteiger charge is 2.53. The topological polar surface area (TPSA) is 303 Å². The monoisotopic (exact) mass is 620 g/mol. The molecule has 2 aliphatic carbocycles. The first-order valence-corrected chi connectivity index (χ1v) is 15.3. The van der Waals surface area contributed by atoms with Gasteiger partial charge in [-0.1, -0.05) is 0 Å². The van der Waals surface area contributed by atoms with Crippen LogP contribution in [0.3, 0.4) is 0 Å². The van der Waals surface area contributed by atoms with Gasteiger partial charge in [0.1, 0.15) is 24.4 Å². The van der Waals surface area contributed by atoms with Gasteiger partial charge in [0.2, 0.25) is 0 Å². The molecule has 2 heterocycles. The molecule has 4 aliphatic rings. The Kier molecular flexibility index (Phi) is 12.3. The summed E-state index contributed by atoms with van der Waals surface area (Å²) in [6, 6.07) is -3.94. The second-order valence-corrected chi connectivity index (χ2v) is 12.5. The van der Waals surface area contributed by atoms with Crippen LogP contribution in [0.5, 0.6) is 0 Å². The van der Waals surface area contributed by atoms with Crippen LogP contribution in [0, 0.1) is 11.8 Å². The lowest BCUT2D eigenvalue weighted by Crippen LogP contribution is -2.69. The lowest BCUT2D eigenvalue weighted by atomic mass is 9.72. The van der Waals surface area contributed by atoms with E-state index in [2.05, 4.69) is 10.6 Å². The lowest BCUT2D eigenvalue weighted by molar-refractivity contribution is -0.306. The molecule has 17 nitrogen and oxygen atoms in total. The molecule has 13 atom stereocenters. The van der Waals surface area contributed by atoms with Crippen LogP contribution >= 0.6 is 0 Å². The quantitative estimate of drug-likeness (QED) is 0.0758. The maximum absolute atomic E-state index is 12.7. The smallest absolute Gasteiger partial charge is 0.341 e. The lowest BCUT2D eigenvalue weighted by Gasteiger charge is -2.51. The summed E-state index contributed by atoms with van der Waals surface area (Å²) in [5.74, 6) is -0.185. The maximum atomic E-state index is 12.7. The number of rotatable bonds is 11. The number of nitrogens with zero attached hydrogens (tertiary/aromatic N) is 1. The van der Waals surface area contributed by atoms with Crippen molar-refractivity contribution in [2.75, 3.05) is 32.8 Å². The van der Waals surface area contributed by atoms with Crippen molar-refractivity contribution >= 4 is 6.03 Å². The summed E-state index contributed by atoms with van der Waals surface area (Å²) in [5, 5.41) is 58.9. The van der Waals surface area contributed by atoms with Gasteiger partial charge in [0, 0.05) is 37.1 Å². The summed E-state index contributed by atoms with van der Waals surface area (Å²) in [6.45, 7) is 0.697. The number of nitrogens with one attached hydrogen (secondary N) is 2. The minimum Gasteiger partial charge on any atom is -0.394 e. The summed E-state index contributed by atoms with van der Waals surface area (Å²) < 4.78 is 18.1. The van der Waals surface area contributed by atoms with Crippen LogP contribution in [-0.2, 0) is 14.2 Å². The van der Waals surface area contributed by atoms with Gasteiger partial charge in [0.15, 0.2) is 6.29 Å². The number of carbonyl (C=O) groups is 1. The number of aliphatic hydroxyl groups excluding tert-OH is 4. The van der Waals surface area contributed by atoms with Crippen molar-refractivity contribution in [2.24, 2.45) is 40.5 Å². The molecule has 2 saturated heterocycles. The predicted octanol–water partition coefficient (Wildman–Crippen LogP) is -5.22. The molecule has 2 aliphatic heterocycles. The first kappa shape index (κ1) is 34.6. The maximum Gasteiger partial charge on any atom is 0.341 e. The number of carbonyl (C=O) groups excluding carboxylic acids is 1. The Morgan fingerprint density at radius 1 is 0.953 bits per heavy atom. The highest BCUT2D eigenvalue weighted by molar-refractivity contribution is 5.73. The van der Waals surface area contributed by atoms with E-state index in [0.29, 0.717) is 23.9 Å². The first-order valence-electron chi connectivity index (χ1n) is 15.3. The largest absolute Gasteiger partial charge is 0.394 e. The molecule has 4 fully saturated rings. The number of nitrogens with two attached hydrogens (primary N) is 5. The molecule has 0 aromatic heterocycles. The molecular weight excluding hydrogens is 568 g/mol. The van der Waals surface area contributed by atoms with Gasteiger partial charge in [-0.3, -0.25) is 5.21 Å². The number of ether oxygens (including phenoxy) is 3. The SMILES string of the molecule is NCCN(O)C(=O)NC1CC(N)C(C2OC(CNCC3CC(N)C3)CCC2N)C(O)C1OC1OC(CO)C(O)C(N)C1O. The third-order valence-corrected chi connectivity index (χ3v) is 9.31. The van der Waals surface area contributed by atoms with E-state index in [1.807, 2.05) is 0 Å². The average molecular weight is 621 g/mol. The number of hydrogen-bond donors (Lipinski definition) is 12. The van der Waals surface area contributed by atoms with Crippen LogP contribution in [0.25, 0.3) is 0 Å². The van der Waals surface area contributed by atoms with E-state index < -0.39 is 85.6 Å². The van der Waals surface area contributed by atoms with Crippen molar-refractivity contribution < 1.29 is 44.6 Å². The van der Waals surface area contributed by atoms with Crippen LogP contribution in [0.15, 0.2) is 0 Å². The van der Waals surface area contributed by atoms with Crippen LogP contribution in [-0.4, -0.2) is 149 Å². The Morgan fingerprint density at radius 2 is 1.67 bits per heavy atom. The van der Waals surface area contributed by atoms with Gasteiger partial charge in [-0.2, -0.15) is 0 Å². The van der Waals surface area contributed by atoms with Crippen LogP contribution in [0.2, 0.25) is 0 Å². The number of hydrogen-bond acceptors (Lipinski definition) is 15. The molecule has 43 heavy (non-hydrogen) atoms. The Balaban J connectivity index is 1.50. The number of amides is 2. The van der Waals surface area contributed by atoms with Crippen LogP contribution in [0.4, 0.5) is 4.79 Å². The molecule has 0 spiro atoms. The molecule has 250 valence electrons. The zero-order valence-electron chi connectivity index (χ0n) is 24.4. The van der Waals surface area contributed by atoms with E-state index in [4.69, 9.17) is 42.9 Å². The van der Waals surface area contributed by atoms with E-state index in [0.717, 1.165) is 25.8 Å². The van der Waals surface area contributed by atoms with E-state index in [1.165, 1.54) is 0 Å². The molecule has 17 N–H and O–H groups in total. The first-order chi connectivity index (χ1) is 20.4. The van der Waals surface area contributed by atoms with Gasteiger partial charge in [-0.15, -0.1) is 0 Å². The van der Waals surface area contributed by atoms with Crippen molar-refractivity contribution in [1.29, 1.82) is 0 Å². The van der Waals surface area contributed by atoms with Gasteiger partial charge in [-0.25, -0.2) is 9.86 Å². The molecule has 0 aromatic carbocycles. The van der Waals surface area contributed by atoms with Crippen molar-refractivity contribution in [2.45, 2.75) is 111 Å². The van der Waals surface area contributed by atoms with Crippen LogP contribution < -0.4 is 39.3 Å². The van der Waals surface area contributed by atoms with Crippen molar-refractivity contribution in [3.8, 4) is 0 Å². The molecule has 0 radical (unpaired) electrons. The Bertz CT molecular complexity index is 890. The highest BCUT2D eigenvalue weighted by Crippen LogP contribution is 2.36. The van der Waals surface area contributed by atoms with Crippen molar-refractivity contribution in [1.82, 2.24) is 15.7 Å². The minimum absolute atomic E-state index is 0.00469. The number of urea groups is 1. The fraction of sp³-hybridized carbons (Fsp3) is 0.962. The van der Waals surface area contributed by atoms with Gasteiger partial charge in [-0.05, 0) is 44.6 Å². The normalized spacial score (nSPS) is 45.3. The molecule has 13 unspecified atom stereocenters. The number of hydroxylamine groups is 2. The van der Waals surface area contributed by atoms with Crippen LogP contribution in [0.1, 0.15) is 32.1 Å². The fourth-order valence-electron chi connectivity index (χ4n) is 6.75. The van der Waals surface area contributed by atoms with E-state index >= 15 is 0 Å². The molecule has 2 saturated carbocycles. The van der Waals surface area contributed by atoms with Gasteiger partial charge in [0.25, 0.3) is 0 Å². The Morgan fingerprint density at radius 3 is 2.33 bits per heavy atom. The summed E-state index contributed by atoms with van der Waals surface area (Å²) >= 11 is 0.